The van der Waals surface area contributed by atoms with Crippen molar-refractivity contribution in [3.05, 3.63) is 0 Å². The van der Waals surface area contributed by atoms with Crippen LogP contribution in [0.3, 0.4) is 0 Å². The Morgan fingerprint density at radius 1 is 1.44 bits per heavy atom. The zero-order valence-corrected chi connectivity index (χ0v) is 12.1. The fourth-order valence-electron chi connectivity index (χ4n) is 1.99. The van der Waals surface area contributed by atoms with E-state index in [-0.39, 0.29) is 18.5 Å². The lowest BCUT2D eigenvalue weighted by Crippen LogP contribution is -2.52. The van der Waals surface area contributed by atoms with Gasteiger partial charge in [-0.1, -0.05) is 6.92 Å². The van der Waals surface area contributed by atoms with E-state index >= 15 is 0 Å². The molecule has 1 aliphatic heterocycles. The Hall–Kier alpha value is -0.910. The van der Waals surface area contributed by atoms with Crippen LogP contribution in [-0.4, -0.2) is 64.1 Å². The van der Waals surface area contributed by atoms with Crippen molar-refractivity contribution >= 4 is 23.8 Å². The van der Waals surface area contributed by atoms with Crippen LogP contribution in [0.4, 0.5) is 4.79 Å². The van der Waals surface area contributed by atoms with E-state index in [0.29, 0.717) is 18.2 Å². The second-order valence-corrected chi connectivity index (χ2v) is 6.20. The van der Waals surface area contributed by atoms with Crippen LogP contribution in [0.15, 0.2) is 0 Å². The molecular formula is C12H22N2O3S. The van der Waals surface area contributed by atoms with Gasteiger partial charge in [0.2, 0.25) is 0 Å². The van der Waals surface area contributed by atoms with Crippen LogP contribution in [0.5, 0.6) is 0 Å². The van der Waals surface area contributed by atoms with Crippen LogP contribution >= 0.6 is 11.8 Å². The molecule has 2 unspecified atom stereocenters. The van der Waals surface area contributed by atoms with Gasteiger partial charge in [0.25, 0.3) is 0 Å². The van der Waals surface area contributed by atoms with Gasteiger partial charge in [-0.25, -0.2) is 4.79 Å². The minimum atomic E-state index is -0.813. The summed E-state index contributed by atoms with van der Waals surface area (Å²) < 4.78 is 0. The summed E-state index contributed by atoms with van der Waals surface area (Å²) in [6.45, 7) is 5.48. The second-order valence-electron chi connectivity index (χ2n) is 4.71. The number of carbonyl (C=O) groups excluding carboxylic acids is 1. The van der Waals surface area contributed by atoms with Gasteiger partial charge in [0.15, 0.2) is 0 Å². The van der Waals surface area contributed by atoms with Crippen molar-refractivity contribution in [2.45, 2.75) is 38.0 Å². The van der Waals surface area contributed by atoms with E-state index in [1.165, 1.54) is 0 Å². The number of nitrogens with zero attached hydrogens (tertiary/aromatic N) is 2. The molecule has 0 aliphatic carbocycles. The summed E-state index contributed by atoms with van der Waals surface area (Å²) in [4.78, 5) is 26.2. The third-order valence-corrected chi connectivity index (χ3v) is 4.68. The molecule has 1 rings (SSSR count). The number of urea groups is 1. The molecule has 6 heteroatoms. The summed E-state index contributed by atoms with van der Waals surface area (Å²) in [5, 5.41) is 9.03. The maximum absolute atomic E-state index is 12.2. The standard InChI is InChI=1S/C12H22N2O3S/c1-9-10(2)18-8-7-14(9)12(17)13(3)6-4-5-11(15)16/h9-10H,4-8H2,1-3H3,(H,15,16). The Morgan fingerprint density at radius 2 is 2.11 bits per heavy atom. The van der Waals surface area contributed by atoms with Crippen LogP contribution in [-0.2, 0) is 4.79 Å². The van der Waals surface area contributed by atoms with Crippen molar-refractivity contribution in [3.63, 3.8) is 0 Å². The van der Waals surface area contributed by atoms with Gasteiger partial charge in [0, 0.05) is 43.6 Å². The molecule has 0 aromatic carbocycles. The number of rotatable bonds is 4. The van der Waals surface area contributed by atoms with Crippen LogP contribution < -0.4 is 0 Å². The predicted octanol–water partition coefficient (Wildman–Crippen LogP) is 1.73. The lowest BCUT2D eigenvalue weighted by Gasteiger charge is -2.39. The Morgan fingerprint density at radius 3 is 2.72 bits per heavy atom. The molecule has 1 aliphatic rings. The van der Waals surface area contributed by atoms with E-state index in [2.05, 4.69) is 13.8 Å². The van der Waals surface area contributed by atoms with Gasteiger partial charge in [0.1, 0.15) is 0 Å². The Bertz CT molecular complexity index is 312. The maximum atomic E-state index is 12.2. The quantitative estimate of drug-likeness (QED) is 0.848. The number of carboxylic acid groups (broad SMARTS) is 1. The number of amides is 2. The third kappa shape index (κ3) is 4.08. The first-order chi connectivity index (χ1) is 8.43. The molecule has 5 nitrogen and oxygen atoms in total. The van der Waals surface area contributed by atoms with E-state index in [1.54, 1.807) is 11.9 Å². The van der Waals surface area contributed by atoms with Gasteiger partial charge in [-0.15, -0.1) is 0 Å². The number of aliphatic carboxylic acids is 1. The highest BCUT2D eigenvalue weighted by Gasteiger charge is 2.30. The molecule has 1 N–H and O–H groups in total. The normalized spacial score (nSPS) is 23.8. The first kappa shape index (κ1) is 15.1. The SMILES string of the molecule is CC1SCCN(C(=O)N(C)CCCC(=O)O)C1C. The van der Waals surface area contributed by atoms with Crippen LogP contribution in [0.2, 0.25) is 0 Å². The van der Waals surface area contributed by atoms with Crippen LogP contribution in [0.1, 0.15) is 26.7 Å². The minimum absolute atomic E-state index is 0.0139. The average molecular weight is 274 g/mol. The molecule has 18 heavy (non-hydrogen) atoms. The summed E-state index contributed by atoms with van der Waals surface area (Å²) in [5.41, 5.74) is 0. The van der Waals surface area contributed by atoms with Gasteiger partial charge in [-0.3, -0.25) is 4.79 Å². The van der Waals surface area contributed by atoms with Crippen molar-refractivity contribution in [1.29, 1.82) is 0 Å². The van der Waals surface area contributed by atoms with E-state index in [1.807, 2.05) is 16.7 Å². The lowest BCUT2D eigenvalue weighted by molar-refractivity contribution is -0.137. The first-order valence-corrected chi connectivity index (χ1v) is 7.33. The predicted molar refractivity (Wildman–Crippen MR) is 73.0 cm³/mol. The smallest absolute Gasteiger partial charge is 0.320 e. The molecule has 0 spiro atoms. The third-order valence-electron chi connectivity index (χ3n) is 3.34. The fraction of sp³-hybridized carbons (Fsp3) is 0.833. The molecular weight excluding hydrogens is 252 g/mol. The molecule has 0 aromatic rings. The molecule has 0 radical (unpaired) electrons. The second kappa shape index (κ2) is 6.87. The zero-order chi connectivity index (χ0) is 13.7. The Balaban J connectivity index is 2.44. The molecule has 0 saturated carbocycles. The molecule has 0 aromatic heterocycles. The van der Waals surface area contributed by atoms with Crippen molar-refractivity contribution in [1.82, 2.24) is 9.80 Å². The first-order valence-electron chi connectivity index (χ1n) is 6.28. The average Bonchev–Trinajstić information content (AvgIpc) is 2.31. The molecule has 2 amide bonds. The highest BCUT2D eigenvalue weighted by atomic mass is 32.2. The Kier molecular flexibility index (Phi) is 5.78. The maximum Gasteiger partial charge on any atom is 0.320 e. The van der Waals surface area contributed by atoms with E-state index < -0.39 is 5.97 Å². The fourth-order valence-corrected chi connectivity index (χ4v) is 3.08. The van der Waals surface area contributed by atoms with Gasteiger partial charge in [0.05, 0.1) is 0 Å². The van der Waals surface area contributed by atoms with E-state index in [9.17, 15) is 9.59 Å². The molecule has 0 bridgehead atoms. The molecule has 1 heterocycles. The largest absolute Gasteiger partial charge is 0.481 e. The van der Waals surface area contributed by atoms with Gasteiger partial charge in [-0.05, 0) is 13.3 Å². The molecule has 1 saturated heterocycles. The number of hydrogen-bond acceptors (Lipinski definition) is 3. The highest BCUT2D eigenvalue weighted by Crippen LogP contribution is 2.24. The monoisotopic (exact) mass is 274 g/mol. The zero-order valence-electron chi connectivity index (χ0n) is 11.3. The minimum Gasteiger partial charge on any atom is -0.481 e. The number of carbonyl (C=O) groups is 2. The van der Waals surface area contributed by atoms with Crippen molar-refractivity contribution < 1.29 is 14.7 Å². The summed E-state index contributed by atoms with van der Waals surface area (Å²) in [6, 6.07) is 0.248. The van der Waals surface area contributed by atoms with Crippen molar-refractivity contribution in [2.24, 2.45) is 0 Å². The van der Waals surface area contributed by atoms with Gasteiger partial charge < -0.3 is 14.9 Å². The summed E-state index contributed by atoms with van der Waals surface area (Å²) >= 11 is 1.89. The molecule has 2 atom stereocenters. The Labute approximate surface area is 113 Å². The van der Waals surface area contributed by atoms with Gasteiger partial charge >= 0.3 is 12.0 Å². The summed E-state index contributed by atoms with van der Waals surface area (Å²) in [6.07, 6.45) is 0.615. The summed E-state index contributed by atoms with van der Waals surface area (Å²) in [5.74, 6) is 0.160. The highest BCUT2D eigenvalue weighted by molar-refractivity contribution is 8.00. The van der Waals surface area contributed by atoms with Gasteiger partial charge in [-0.2, -0.15) is 11.8 Å². The summed E-state index contributed by atoms with van der Waals surface area (Å²) in [7, 11) is 1.74. The molecule has 104 valence electrons. The number of hydrogen-bond donors (Lipinski definition) is 1. The van der Waals surface area contributed by atoms with E-state index in [0.717, 1.165) is 12.3 Å². The van der Waals surface area contributed by atoms with E-state index in [4.69, 9.17) is 5.11 Å². The van der Waals surface area contributed by atoms with Crippen molar-refractivity contribution in [3.8, 4) is 0 Å². The van der Waals surface area contributed by atoms with Crippen molar-refractivity contribution in [2.75, 3.05) is 25.9 Å². The topological polar surface area (TPSA) is 60.9 Å². The number of thioether (sulfide) groups is 1. The number of carboxylic acids is 1. The lowest BCUT2D eigenvalue weighted by atomic mass is 10.2. The molecule has 1 fully saturated rings. The van der Waals surface area contributed by atoms with Crippen LogP contribution in [0, 0.1) is 0 Å². The van der Waals surface area contributed by atoms with Crippen LogP contribution in [0.25, 0.3) is 0 Å².